The Balaban J connectivity index is 1.60. The summed E-state index contributed by atoms with van der Waals surface area (Å²) in [7, 11) is 5.60. The van der Waals surface area contributed by atoms with Gasteiger partial charge in [0, 0.05) is 36.2 Å². The Hall–Kier alpha value is -4.13. The number of nitrogens with zero attached hydrogens (tertiary/aromatic N) is 5. The van der Waals surface area contributed by atoms with Crippen molar-refractivity contribution in [3.8, 4) is 11.6 Å². The van der Waals surface area contributed by atoms with Crippen molar-refractivity contribution in [1.29, 1.82) is 0 Å². The van der Waals surface area contributed by atoms with Crippen molar-refractivity contribution < 1.29 is 4.74 Å². The van der Waals surface area contributed by atoms with Gasteiger partial charge in [-0.15, -0.1) is 10.2 Å². The molecule has 7 heteroatoms. The van der Waals surface area contributed by atoms with Crippen molar-refractivity contribution in [2.24, 2.45) is 0 Å². The minimum atomic E-state index is 0.508. The van der Waals surface area contributed by atoms with Gasteiger partial charge in [-0.3, -0.25) is 4.57 Å². The van der Waals surface area contributed by atoms with Crippen molar-refractivity contribution in [2.75, 3.05) is 31.4 Å². The van der Waals surface area contributed by atoms with Gasteiger partial charge in [-0.2, -0.15) is 0 Å². The second kappa shape index (κ2) is 7.60. The van der Waals surface area contributed by atoms with Crippen LogP contribution in [0.1, 0.15) is 0 Å². The van der Waals surface area contributed by atoms with Crippen molar-refractivity contribution in [1.82, 2.24) is 19.7 Å². The second-order valence-electron chi connectivity index (χ2n) is 7.41. The average Bonchev–Trinajstić information content (AvgIpc) is 3.19. The summed E-state index contributed by atoms with van der Waals surface area (Å²) in [5, 5.41) is 13.8. The first-order valence-electron chi connectivity index (χ1n) is 9.97. The Kier molecular flexibility index (Phi) is 4.63. The van der Waals surface area contributed by atoms with Crippen LogP contribution in [0.2, 0.25) is 0 Å². The molecule has 1 N–H and O–H groups in total. The van der Waals surface area contributed by atoms with Crippen molar-refractivity contribution >= 4 is 39.3 Å². The maximum atomic E-state index is 5.35. The molecule has 5 aromatic rings. The van der Waals surface area contributed by atoms with E-state index in [2.05, 4.69) is 38.3 Å². The van der Waals surface area contributed by atoms with Gasteiger partial charge in [0.15, 0.2) is 5.82 Å². The fourth-order valence-electron chi connectivity index (χ4n) is 3.74. The number of para-hydroxylation sites is 1. The van der Waals surface area contributed by atoms with E-state index in [1.807, 2.05) is 73.6 Å². The van der Waals surface area contributed by atoms with Crippen LogP contribution in [0.4, 0.5) is 17.5 Å². The number of nitrogens with one attached hydrogen (secondary N) is 1. The molecule has 0 aliphatic carbocycles. The highest BCUT2D eigenvalue weighted by atomic mass is 16.5. The highest BCUT2D eigenvalue weighted by Gasteiger charge is 2.15. The summed E-state index contributed by atoms with van der Waals surface area (Å²) in [5.41, 5.74) is 3.89. The first kappa shape index (κ1) is 18.9. The van der Waals surface area contributed by atoms with Crippen LogP contribution in [0, 0.1) is 0 Å². The molecule has 5 rings (SSSR count). The number of anilines is 3. The van der Waals surface area contributed by atoms with Crippen LogP contribution in [0.3, 0.4) is 0 Å². The number of hydrogen-bond acceptors (Lipinski definition) is 6. The molecular weight excluding hydrogens is 388 g/mol. The fraction of sp³-hybridized carbons (Fsp3) is 0.125. The number of imidazole rings is 1. The monoisotopic (exact) mass is 410 g/mol. The Morgan fingerprint density at radius 1 is 0.871 bits per heavy atom. The van der Waals surface area contributed by atoms with Gasteiger partial charge < -0.3 is 15.0 Å². The van der Waals surface area contributed by atoms with Gasteiger partial charge in [-0.1, -0.05) is 36.4 Å². The van der Waals surface area contributed by atoms with Crippen LogP contribution in [0.25, 0.3) is 27.5 Å². The third kappa shape index (κ3) is 3.30. The Bertz CT molecular complexity index is 1380. The van der Waals surface area contributed by atoms with E-state index < -0.39 is 0 Å². The molecule has 3 aromatic carbocycles. The maximum absolute atomic E-state index is 5.35. The highest BCUT2D eigenvalue weighted by molar-refractivity contribution is 5.96. The zero-order valence-corrected chi connectivity index (χ0v) is 17.6. The van der Waals surface area contributed by atoms with Gasteiger partial charge in [-0.05, 0) is 36.4 Å². The van der Waals surface area contributed by atoms with Crippen molar-refractivity contribution in [3.63, 3.8) is 0 Å². The molecule has 154 valence electrons. The molecule has 0 unspecified atom stereocenters. The van der Waals surface area contributed by atoms with Gasteiger partial charge in [-0.25, -0.2) is 4.98 Å². The summed E-state index contributed by atoms with van der Waals surface area (Å²) in [6.45, 7) is 0. The molecule has 0 saturated carbocycles. The fourth-order valence-corrected chi connectivity index (χ4v) is 3.74. The van der Waals surface area contributed by atoms with Gasteiger partial charge >= 0.3 is 0 Å². The number of benzene rings is 3. The molecule has 7 nitrogen and oxygen atoms in total. The highest BCUT2D eigenvalue weighted by Crippen LogP contribution is 2.32. The smallest absolute Gasteiger partial charge is 0.241 e. The normalized spacial score (nSPS) is 11.1. The SMILES string of the molecule is COc1nnc(Nc2ccc3c(c2)nc(N(C)C)n3-c2ccccc2)c2ccccc12. The molecule has 0 aliphatic heterocycles. The third-order valence-electron chi connectivity index (χ3n) is 5.16. The van der Waals surface area contributed by atoms with Gasteiger partial charge in [0.25, 0.3) is 0 Å². The molecular formula is C24H22N6O. The predicted molar refractivity (Wildman–Crippen MR) is 125 cm³/mol. The zero-order valence-electron chi connectivity index (χ0n) is 17.6. The van der Waals surface area contributed by atoms with Crippen LogP contribution < -0.4 is 15.0 Å². The third-order valence-corrected chi connectivity index (χ3v) is 5.16. The lowest BCUT2D eigenvalue weighted by Crippen LogP contribution is -2.14. The lowest BCUT2D eigenvalue weighted by molar-refractivity contribution is 0.398. The topological polar surface area (TPSA) is 68.1 Å². The van der Waals surface area contributed by atoms with E-state index in [0.29, 0.717) is 11.7 Å². The summed E-state index contributed by atoms with van der Waals surface area (Å²) in [6.07, 6.45) is 0. The van der Waals surface area contributed by atoms with Crippen molar-refractivity contribution in [3.05, 3.63) is 72.8 Å². The van der Waals surface area contributed by atoms with Crippen LogP contribution in [0.15, 0.2) is 72.8 Å². The standard InChI is InChI=1S/C24H22N6O/c1-29(2)24-26-20-15-16(13-14-21(20)30(24)17-9-5-4-6-10-17)25-22-18-11-7-8-12-19(18)23(31-3)28-27-22/h4-15H,1-3H3,(H,25,27). The van der Waals surface area contributed by atoms with E-state index in [0.717, 1.165) is 39.1 Å². The quantitative estimate of drug-likeness (QED) is 0.449. The van der Waals surface area contributed by atoms with Gasteiger partial charge in [0.2, 0.25) is 11.8 Å². The minimum Gasteiger partial charge on any atom is -0.479 e. The van der Waals surface area contributed by atoms with E-state index in [1.54, 1.807) is 7.11 Å². The molecule has 0 atom stereocenters. The summed E-state index contributed by atoms with van der Waals surface area (Å²) in [5.74, 6) is 2.05. The molecule has 0 spiro atoms. The molecule has 0 radical (unpaired) electrons. The van der Waals surface area contributed by atoms with Gasteiger partial charge in [0.05, 0.1) is 18.1 Å². The minimum absolute atomic E-state index is 0.508. The van der Waals surface area contributed by atoms with E-state index in [4.69, 9.17) is 9.72 Å². The lowest BCUT2D eigenvalue weighted by Gasteiger charge is -2.15. The van der Waals surface area contributed by atoms with E-state index >= 15 is 0 Å². The van der Waals surface area contributed by atoms with Gasteiger partial charge in [0.1, 0.15) is 0 Å². The first-order valence-corrected chi connectivity index (χ1v) is 9.97. The Morgan fingerprint density at radius 3 is 2.35 bits per heavy atom. The summed E-state index contributed by atoms with van der Waals surface area (Å²) in [6, 6.07) is 24.3. The maximum Gasteiger partial charge on any atom is 0.241 e. The largest absolute Gasteiger partial charge is 0.479 e. The molecule has 0 saturated heterocycles. The van der Waals surface area contributed by atoms with Crippen LogP contribution in [0.5, 0.6) is 5.88 Å². The van der Waals surface area contributed by atoms with E-state index in [9.17, 15) is 0 Å². The molecule has 31 heavy (non-hydrogen) atoms. The number of ether oxygens (including phenoxy) is 1. The first-order chi connectivity index (χ1) is 15.2. The summed E-state index contributed by atoms with van der Waals surface area (Å²) < 4.78 is 7.51. The van der Waals surface area contributed by atoms with Crippen molar-refractivity contribution in [2.45, 2.75) is 0 Å². The second-order valence-corrected chi connectivity index (χ2v) is 7.41. The molecule has 0 fully saturated rings. The summed E-state index contributed by atoms with van der Waals surface area (Å²) in [4.78, 5) is 6.89. The number of rotatable bonds is 5. The number of hydrogen-bond donors (Lipinski definition) is 1. The van der Waals surface area contributed by atoms with E-state index in [-0.39, 0.29) is 0 Å². The Labute approximate surface area is 179 Å². The number of aromatic nitrogens is 4. The predicted octanol–water partition coefficient (Wildman–Crippen LogP) is 4.79. The number of fused-ring (bicyclic) bond motifs is 2. The molecule has 0 bridgehead atoms. The van der Waals surface area contributed by atoms with E-state index in [1.165, 1.54) is 0 Å². The molecule has 2 aromatic heterocycles. The van der Waals surface area contributed by atoms with Crippen LogP contribution >= 0.6 is 0 Å². The average molecular weight is 410 g/mol. The summed E-state index contributed by atoms with van der Waals surface area (Å²) >= 11 is 0. The van der Waals surface area contributed by atoms with Crippen LogP contribution in [-0.2, 0) is 0 Å². The molecule has 2 heterocycles. The van der Waals surface area contributed by atoms with Crippen LogP contribution in [-0.4, -0.2) is 41.0 Å². The molecule has 0 amide bonds. The Morgan fingerprint density at radius 2 is 1.61 bits per heavy atom. The molecule has 0 aliphatic rings. The lowest BCUT2D eigenvalue weighted by atomic mass is 10.2. The number of methoxy groups -OCH3 is 1. The zero-order chi connectivity index (χ0) is 21.4.